The monoisotopic (exact) mass is 375 g/mol. The molecule has 0 radical (unpaired) electrons. The van der Waals surface area contributed by atoms with Gasteiger partial charge in [-0.25, -0.2) is 14.5 Å². The van der Waals surface area contributed by atoms with E-state index < -0.39 is 0 Å². The average molecular weight is 375 g/mol. The molecule has 9 heteroatoms. The SMILES string of the molecule is Cc1cc2c(N3CCN(c4cncc(-c5cnn(C)c5)n4)CC3)nccn2n1. The molecule has 0 saturated carbocycles. The molecule has 28 heavy (non-hydrogen) atoms. The van der Waals surface area contributed by atoms with Crippen LogP contribution in [-0.4, -0.2) is 60.5 Å². The number of piperazine rings is 1. The van der Waals surface area contributed by atoms with E-state index in [1.165, 1.54) is 0 Å². The van der Waals surface area contributed by atoms with E-state index in [4.69, 9.17) is 4.98 Å². The molecule has 142 valence electrons. The highest BCUT2D eigenvalue weighted by atomic mass is 15.3. The normalized spacial score (nSPS) is 14.8. The Morgan fingerprint density at radius 2 is 1.82 bits per heavy atom. The third kappa shape index (κ3) is 2.94. The first-order valence-corrected chi connectivity index (χ1v) is 9.29. The van der Waals surface area contributed by atoms with Crippen LogP contribution < -0.4 is 9.80 Å². The maximum Gasteiger partial charge on any atom is 0.154 e. The van der Waals surface area contributed by atoms with Crippen LogP contribution in [-0.2, 0) is 7.05 Å². The van der Waals surface area contributed by atoms with Crippen LogP contribution in [0.5, 0.6) is 0 Å². The molecule has 5 heterocycles. The molecule has 1 saturated heterocycles. The van der Waals surface area contributed by atoms with Crippen molar-refractivity contribution in [2.45, 2.75) is 6.92 Å². The van der Waals surface area contributed by atoms with Gasteiger partial charge in [0, 0.05) is 57.4 Å². The molecular weight excluding hydrogens is 354 g/mol. The lowest BCUT2D eigenvalue weighted by Gasteiger charge is -2.36. The molecule has 4 aromatic heterocycles. The van der Waals surface area contributed by atoms with Gasteiger partial charge in [0.15, 0.2) is 5.82 Å². The predicted molar refractivity (Wildman–Crippen MR) is 106 cm³/mol. The highest BCUT2D eigenvalue weighted by Crippen LogP contribution is 2.23. The second-order valence-corrected chi connectivity index (χ2v) is 7.01. The van der Waals surface area contributed by atoms with Crippen molar-refractivity contribution < 1.29 is 0 Å². The number of hydrogen-bond acceptors (Lipinski definition) is 7. The molecule has 0 atom stereocenters. The van der Waals surface area contributed by atoms with Crippen LogP contribution >= 0.6 is 0 Å². The maximum absolute atomic E-state index is 4.79. The summed E-state index contributed by atoms with van der Waals surface area (Å²) in [5, 5.41) is 8.71. The molecule has 0 aliphatic carbocycles. The topological polar surface area (TPSA) is 80.3 Å². The Labute approximate surface area is 162 Å². The smallest absolute Gasteiger partial charge is 0.154 e. The van der Waals surface area contributed by atoms with Gasteiger partial charge in [-0.1, -0.05) is 0 Å². The lowest BCUT2D eigenvalue weighted by molar-refractivity contribution is 0.641. The van der Waals surface area contributed by atoms with Gasteiger partial charge in [-0.2, -0.15) is 10.2 Å². The van der Waals surface area contributed by atoms with Crippen LogP contribution in [0.1, 0.15) is 5.69 Å². The van der Waals surface area contributed by atoms with Crippen molar-refractivity contribution in [1.29, 1.82) is 0 Å². The van der Waals surface area contributed by atoms with E-state index in [0.29, 0.717) is 0 Å². The minimum Gasteiger partial charge on any atom is -0.352 e. The summed E-state index contributed by atoms with van der Waals surface area (Å²) >= 11 is 0. The van der Waals surface area contributed by atoms with Gasteiger partial charge in [0.2, 0.25) is 0 Å². The van der Waals surface area contributed by atoms with E-state index in [-0.39, 0.29) is 0 Å². The van der Waals surface area contributed by atoms with E-state index in [1.807, 2.05) is 49.5 Å². The summed E-state index contributed by atoms with van der Waals surface area (Å²) in [7, 11) is 1.90. The number of aromatic nitrogens is 7. The van der Waals surface area contributed by atoms with Crippen LogP contribution in [0.25, 0.3) is 16.8 Å². The number of hydrogen-bond donors (Lipinski definition) is 0. The fourth-order valence-corrected chi connectivity index (χ4v) is 3.62. The van der Waals surface area contributed by atoms with Gasteiger partial charge < -0.3 is 9.80 Å². The minimum absolute atomic E-state index is 0.842. The van der Waals surface area contributed by atoms with E-state index in [9.17, 15) is 0 Å². The molecule has 0 unspecified atom stereocenters. The van der Waals surface area contributed by atoms with Gasteiger partial charge >= 0.3 is 0 Å². The van der Waals surface area contributed by atoms with Crippen molar-refractivity contribution in [3.05, 3.63) is 48.9 Å². The molecule has 0 aromatic carbocycles. The zero-order valence-corrected chi connectivity index (χ0v) is 15.9. The van der Waals surface area contributed by atoms with Gasteiger partial charge in [-0.05, 0) is 13.0 Å². The third-order valence-corrected chi connectivity index (χ3v) is 5.02. The van der Waals surface area contributed by atoms with E-state index in [0.717, 1.165) is 60.3 Å². The number of fused-ring (bicyclic) bond motifs is 1. The Kier molecular flexibility index (Phi) is 3.92. The lowest BCUT2D eigenvalue weighted by atomic mass is 10.2. The van der Waals surface area contributed by atoms with Crippen LogP contribution in [0.15, 0.2) is 43.2 Å². The summed E-state index contributed by atoms with van der Waals surface area (Å²) in [6, 6.07) is 2.08. The van der Waals surface area contributed by atoms with Gasteiger partial charge in [-0.3, -0.25) is 9.67 Å². The standard InChI is InChI=1S/C19H21N9/c1-14-9-17-19(21-3-4-28(17)24-14)27-7-5-26(6-8-27)18-12-20-11-16(23-18)15-10-22-25(2)13-15/h3-4,9-13H,5-8H2,1-2H3. The van der Waals surface area contributed by atoms with Crippen molar-refractivity contribution in [3.8, 4) is 11.3 Å². The Hall–Kier alpha value is -3.49. The van der Waals surface area contributed by atoms with Gasteiger partial charge in [0.1, 0.15) is 11.3 Å². The molecule has 0 amide bonds. The molecule has 1 aliphatic heterocycles. The summed E-state index contributed by atoms with van der Waals surface area (Å²) in [5.74, 6) is 1.88. The first-order chi connectivity index (χ1) is 13.7. The van der Waals surface area contributed by atoms with Crippen LogP contribution in [0, 0.1) is 6.92 Å². The quantitative estimate of drug-likeness (QED) is 0.537. The zero-order valence-electron chi connectivity index (χ0n) is 15.9. The van der Waals surface area contributed by atoms with Crippen molar-refractivity contribution >= 4 is 17.2 Å². The average Bonchev–Trinajstić information content (AvgIpc) is 3.32. The van der Waals surface area contributed by atoms with Crippen LogP contribution in [0.2, 0.25) is 0 Å². The summed E-state index contributed by atoms with van der Waals surface area (Å²) in [4.78, 5) is 18.4. The summed E-state index contributed by atoms with van der Waals surface area (Å²) in [6.07, 6.45) is 11.1. The van der Waals surface area contributed by atoms with Crippen molar-refractivity contribution in [2.75, 3.05) is 36.0 Å². The van der Waals surface area contributed by atoms with E-state index in [2.05, 4.69) is 36.0 Å². The Morgan fingerprint density at radius 1 is 1.00 bits per heavy atom. The number of aryl methyl sites for hydroxylation is 2. The minimum atomic E-state index is 0.842. The number of rotatable bonds is 3. The summed E-state index contributed by atoms with van der Waals surface area (Å²) in [6.45, 7) is 5.47. The fourth-order valence-electron chi connectivity index (χ4n) is 3.62. The number of nitrogens with zero attached hydrogens (tertiary/aromatic N) is 9. The molecule has 5 rings (SSSR count). The van der Waals surface area contributed by atoms with Gasteiger partial charge in [0.05, 0.1) is 30.0 Å². The Bertz CT molecular complexity index is 1120. The van der Waals surface area contributed by atoms with Gasteiger partial charge in [0.25, 0.3) is 0 Å². The Balaban J connectivity index is 1.35. The highest BCUT2D eigenvalue weighted by Gasteiger charge is 2.22. The fraction of sp³-hybridized carbons (Fsp3) is 0.316. The van der Waals surface area contributed by atoms with Crippen molar-refractivity contribution in [3.63, 3.8) is 0 Å². The third-order valence-electron chi connectivity index (χ3n) is 5.02. The first kappa shape index (κ1) is 16.7. The predicted octanol–water partition coefficient (Wildman–Crippen LogP) is 1.55. The maximum atomic E-state index is 4.79. The van der Waals surface area contributed by atoms with Gasteiger partial charge in [-0.15, -0.1) is 0 Å². The second-order valence-electron chi connectivity index (χ2n) is 7.01. The zero-order chi connectivity index (χ0) is 19.1. The number of anilines is 2. The second kappa shape index (κ2) is 6.59. The molecule has 0 bridgehead atoms. The van der Waals surface area contributed by atoms with Crippen molar-refractivity contribution in [1.82, 2.24) is 34.3 Å². The largest absolute Gasteiger partial charge is 0.352 e. The molecule has 0 spiro atoms. The molecule has 1 fully saturated rings. The molecule has 4 aromatic rings. The first-order valence-electron chi connectivity index (χ1n) is 9.29. The van der Waals surface area contributed by atoms with Crippen molar-refractivity contribution in [2.24, 2.45) is 7.05 Å². The van der Waals surface area contributed by atoms with E-state index >= 15 is 0 Å². The highest BCUT2D eigenvalue weighted by molar-refractivity contribution is 5.69. The van der Waals surface area contributed by atoms with Crippen LogP contribution in [0.3, 0.4) is 0 Å². The summed E-state index contributed by atoms with van der Waals surface area (Å²) in [5.41, 5.74) is 3.86. The van der Waals surface area contributed by atoms with E-state index in [1.54, 1.807) is 10.9 Å². The van der Waals surface area contributed by atoms with Crippen LogP contribution in [0.4, 0.5) is 11.6 Å². The Morgan fingerprint density at radius 3 is 2.61 bits per heavy atom. The molecule has 1 aliphatic rings. The molecule has 9 nitrogen and oxygen atoms in total. The molecular formula is C19H21N9. The molecule has 0 N–H and O–H groups in total. The summed E-state index contributed by atoms with van der Waals surface area (Å²) < 4.78 is 3.67. The lowest BCUT2D eigenvalue weighted by Crippen LogP contribution is -2.47.